The highest BCUT2D eigenvalue weighted by Crippen LogP contribution is 2.05. The molecule has 76 valence electrons. The van der Waals surface area contributed by atoms with E-state index in [2.05, 4.69) is 4.98 Å². The zero-order valence-electron chi connectivity index (χ0n) is 8.11. The van der Waals surface area contributed by atoms with Crippen molar-refractivity contribution in [2.45, 2.75) is 6.92 Å². The van der Waals surface area contributed by atoms with E-state index in [1.807, 2.05) is 31.2 Å². The summed E-state index contributed by atoms with van der Waals surface area (Å²) in [5.74, 6) is 0. The van der Waals surface area contributed by atoms with Gasteiger partial charge < -0.3 is 4.98 Å². The number of H-pyrrole nitrogens is 1. The maximum absolute atomic E-state index is 11.4. The quantitative estimate of drug-likeness (QED) is 0.700. The number of benzene rings is 1. The molecular weight excluding hydrogens is 194 g/mol. The molecule has 0 aliphatic rings. The number of pyridine rings is 1. The number of rotatable bonds is 0. The molecule has 0 saturated heterocycles. The number of aromatic amines is 1. The lowest BCUT2D eigenvalue weighted by molar-refractivity contribution is -0.191. The van der Waals surface area contributed by atoms with Crippen LogP contribution >= 0.6 is 0 Å². The van der Waals surface area contributed by atoms with Crippen LogP contribution in [0.1, 0.15) is 5.69 Å². The maximum Gasteiger partial charge on any atom is 0.373 e. The fraction of sp³-hybridized carbons (Fsp3) is 0.0909. The third kappa shape index (κ3) is 2.62. The molecule has 0 radical (unpaired) electrons. The van der Waals surface area contributed by atoms with Crippen molar-refractivity contribution < 1.29 is 9.59 Å². The Hall–Kier alpha value is -2.19. The summed E-state index contributed by atoms with van der Waals surface area (Å²) in [7, 11) is 0. The first-order valence-corrected chi connectivity index (χ1v) is 4.27. The van der Waals surface area contributed by atoms with Gasteiger partial charge in [0.25, 0.3) is 0 Å². The molecule has 0 aliphatic carbocycles. The highest BCUT2D eigenvalue weighted by atomic mass is 16.2. The van der Waals surface area contributed by atoms with E-state index < -0.39 is 0 Å². The predicted octanol–water partition coefficient (Wildman–Crippen LogP) is 1.25. The van der Waals surface area contributed by atoms with Gasteiger partial charge in [-0.15, -0.1) is 0 Å². The van der Waals surface area contributed by atoms with Gasteiger partial charge in [0.15, 0.2) is 5.43 Å². The molecule has 0 spiro atoms. The van der Waals surface area contributed by atoms with E-state index in [4.69, 9.17) is 9.59 Å². The van der Waals surface area contributed by atoms with Crippen LogP contribution in [0.3, 0.4) is 0 Å². The summed E-state index contributed by atoms with van der Waals surface area (Å²) in [6, 6.07) is 9.13. The molecule has 0 bridgehead atoms. The van der Waals surface area contributed by atoms with Crippen molar-refractivity contribution in [3.63, 3.8) is 0 Å². The highest BCUT2D eigenvalue weighted by molar-refractivity contribution is 5.78. The fourth-order valence-corrected chi connectivity index (χ4v) is 1.33. The summed E-state index contributed by atoms with van der Waals surface area (Å²) in [5.41, 5.74) is 1.89. The van der Waals surface area contributed by atoms with E-state index >= 15 is 0 Å². The summed E-state index contributed by atoms with van der Waals surface area (Å²) in [6.45, 7) is 1.88. The number of hydrogen-bond acceptors (Lipinski definition) is 3. The Kier molecular flexibility index (Phi) is 3.55. The second-order valence-corrected chi connectivity index (χ2v) is 2.95. The summed E-state index contributed by atoms with van der Waals surface area (Å²) in [5, 5.41) is 0.753. The van der Waals surface area contributed by atoms with Crippen LogP contribution in [0.4, 0.5) is 0 Å². The first kappa shape index (κ1) is 10.9. The lowest BCUT2D eigenvalue weighted by atomic mass is 10.2. The molecule has 2 rings (SSSR count). The lowest BCUT2D eigenvalue weighted by Gasteiger charge is -1.97. The second-order valence-electron chi connectivity index (χ2n) is 2.95. The van der Waals surface area contributed by atoms with Gasteiger partial charge in [-0.25, -0.2) is 0 Å². The van der Waals surface area contributed by atoms with Crippen LogP contribution in [0.25, 0.3) is 10.9 Å². The zero-order chi connectivity index (χ0) is 11.3. The topological polar surface area (TPSA) is 67.0 Å². The van der Waals surface area contributed by atoms with Crippen LogP contribution < -0.4 is 5.43 Å². The van der Waals surface area contributed by atoms with Crippen LogP contribution in [0.2, 0.25) is 0 Å². The molecule has 1 aromatic heterocycles. The molecule has 0 aliphatic heterocycles. The van der Waals surface area contributed by atoms with Gasteiger partial charge >= 0.3 is 6.15 Å². The summed E-state index contributed by atoms with van der Waals surface area (Å²) in [6.07, 6.45) is 0.250. The summed E-state index contributed by atoms with van der Waals surface area (Å²) < 4.78 is 0. The minimum absolute atomic E-state index is 0.0850. The summed E-state index contributed by atoms with van der Waals surface area (Å²) >= 11 is 0. The van der Waals surface area contributed by atoms with Gasteiger partial charge in [0.05, 0.1) is 0 Å². The van der Waals surface area contributed by atoms with E-state index in [0.717, 1.165) is 16.6 Å². The van der Waals surface area contributed by atoms with Crippen molar-refractivity contribution in [2.24, 2.45) is 0 Å². The van der Waals surface area contributed by atoms with E-state index in [9.17, 15) is 4.79 Å². The Morgan fingerprint density at radius 1 is 1.20 bits per heavy atom. The average Bonchev–Trinajstić information content (AvgIpc) is 2.18. The SMILES string of the molecule is Cc1cc(=O)c2ccccc2[nH]1.O=C=O. The molecule has 15 heavy (non-hydrogen) atoms. The second kappa shape index (κ2) is 4.88. The molecule has 0 amide bonds. The first-order chi connectivity index (χ1) is 7.19. The molecule has 0 saturated carbocycles. The van der Waals surface area contributed by atoms with Gasteiger partial charge in [0.1, 0.15) is 0 Å². The van der Waals surface area contributed by atoms with E-state index in [1.54, 1.807) is 6.07 Å². The molecule has 0 fully saturated rings. The molecule has 2 aromatic rings. The smallest absolute Gasteiger partial charge is 0.358 e. The van der Waals surface area contributed by atoms with Gasteiger partial charge in [-0.1, -0.05) is 12.1 Å². The minimum atomic E-state index is 0.0850. The van der Waals surface area contributed by atoms with E-state index in [1.165, 1.54) is 0 Å². The van der Waals surface area contributed by atoms with Gasteiger partial charge in [-0.05, 0) is 19.1 Å². The monoisotopic (exact) mass is 203 g/mol. The van der Waals surface area contributed by atoms with Crippen molar-refractivity contribution in [2.75, 3.05) is 0 Å². The molecule has 1 N–H and O–H groups in total. The Labute approximate surface area is 85.6 Å². The van der Waals surface area contributed by atoms with Crippen LogP contribution in [0.15, 0.2) is 35.1 Å². The van der Waals surface area contributed by atoms with E-state index in [-0.39, 0.29) is 11.6 Å². The van der Waals surface area contributed by atoms with Gasteiger partial charge in [-0.2, -0.15) is 9.59 Å². The molecule has 4 heteroatoms. The van der Waals surface area contributed by atoms with Crippen molar-refractivity contribution in [3.05, 3.63) is 46.2 Å². The van der Waals surface area contributed by atoms with Gasteiger partial charge in [0, 0.05) is 22.7 Å². The van der Waals surface area contributed by atoms with Crippen molar-refractivity contribution in [3.8, 4) is 0 Å². The number of para-hydroxylation sites is 1. The minimum Gasteiger partial charge on any atom is -0.358 e. The summed E-state index contributed by atoms with van der Waals surface area (Å²) in [4.78, 5) is 30.8. The molecule has 0 unspecified atom stereocenters. The zero-order valence-corrected chi connectivity index (χ0v) is 8.11. The van der Waals surface area contributed by atoms with Crippen LogP contribution in [-0.2, 0) is 9.59 Å². The number of hydrogen-bond donors (Lipinski definition) is 1. The number of nitrogens with one attached hydrogen (secondary N) is 1. The van der Waals surface area contributed by atoms with Gasteiger partial charge in [-0.3, -0.25) is 4.79 Å². The molecular formula is C11H9NO3. The Balaban J connectivity index is 0.000000337. The average molecular weight is 203 g/mol. The number of aryl methyl sites for hydroxylation is 1. The van der Waals surface area contributed by atoms with Crippen molar-refractivity contribution >= 4 is 17.1 Å². The number of fused-ring (bicyclic) bond motifs is 1. The predicted molar refractivity (Wildman–Crippen MR) is 54.3 cm³/mol. The normalized spacial score (nSPS) is 8.87. The molecule has 4 nitrogen and oxygen atoms in total. The molecule has 0 atom stereocenters. The first-order valence-electron chi connectivity index (χ1n) is 4.27. The Morgan fingerprint density at radius 3 is 2.47 bits per heavy atom. The molecule has 1 heterocycles. The standard InChI is InChI=1S/C10H9NO.CO2/c1-7-6-10(12)8-4-2-3-5-9(8)11-7;2-1-3/h2-6H,1H3,(H,11,12);. The van der Waals surface area contributed by atoms with Crippen LogP contribution in [0, 0.1) is 6.92 Å². The highest BCUT2D eigenvalue weighted by Gasteiger charge is 1.96. The Morgan fingerprint density at radius 2 is 1.80 bits per heavy atom. The molecule has 1 aromatic carbocycles. The number of aromatic nitrogens is 1. The third-order valence-corrected chi connectivity index (χ3v) is 1.87. The third-order valence-electron chi connectivity index (χ3n) is 1.87. The van der Waals surface area contributed by atoms with Crippen LogP contribution in [0.5, 0.6) is 0 Å². The maximum atomic E-state index is 11.4. The van der Waals surface area contributed by atoms with Crippen molar-refractivity contribution in [1.29, 1.82) is 0 Å². The number of carbonyl (C=O) groups excluding carboxylic acids is 2. The lowest BCUT2D eigenvalue weighted by Crippen LogP contribution is -2.01. The van der Waals surface area contributed by atoms with E-state index in [0.29, 0.717) is 0 Å². The van der Waals surface area contributed by atoms with Crippen molar-refractivity contribution in [1.82, 2.24) is 4.98 Å². The largest absolute Gasteiger partial charge is 0.373 e. The van der Waals surface area contributed by atoms with Crippen LogP contribution in [-0.4, -0.2) is 11.1 Å². The van der Waals surface area contributed by atoms with Gasteiger partial charge in [0.2, 0.25) is 0 Å². The fourth-order valence-electron chi connectivity index (χ4n) is 1.33. The Bertz CT molecular complexity index is 551.